The molecule has 0 radical (unpaired) electrons. The molecule has 2 unspecified atom stereocenters. The van der Waals surface area contributed by atoms with Gasteiger partial charge in [0.05, 0.1) is 16.6 Å². The number of benzene rings is 4. The van der Waals surface area contributed by atoms with Crippen LogP contribution in [0.3, 0.4) is 0 Å². The molecule has 4 aromatic carbocycles. The SMILES string of the molecule is CC(C)(C)c1ccc([C@H]2c3sc(=O)n(CC(=O)Nc4ccc5ccccc5c4)c3SC3C(=O)N(c4ccc(Cl)cc4)C(=O)C32)cc1. The largest absolute Gasteiger partial charge is 0.325 e. The number of aromatic nitrogens is 1. The van der Waals surface area contributed by atoms with Crippen molar-refractivity contribution in [3.8, 4) is 0 Å². The maximum Gasteiger partial charge on any atom is 0.308 e. The van der Waals surface area contributed by atoms with Crippen LogP contribution in [0.1, 0.15) is 42.7 Å². The lowest BCUT2D eigenvalue weighted by molar-refractivity contribution is -0.122. The molecule has 7 nitrogen and oxygen atoms in total. The Morgan fingerprint density at radius 3 is 2.26 bits per heavy atom. The highest BCUT2D eigenvalue weighted by atomic mass is 35.5. The highest BCUT2D eigenvalue weighted by Gasteiger charge is 2.56. The summed E-state index contributed by atoms with van der Waals surface area (Å²) in [4.78, 5) is 56.6. The summed E-state index contributed by atoms with van der Waals surface area (Å²) >= 11 is 8.34. The number of anilines is 2. The Hall–Kier alpha value is -4.18. The summed E-state index contributed by atoms with van der Waals surface area (Å²) in [5.74, 6) is -2.29. The van der Waals surface area contributed by atoms with E-state index in [9.17, 15) is 19.2 Å². The Bertz CT molecular complexity index is 2080. The zero-order valence-electron chi connectivity index (χ0n) is 25.3. The monoisotopic (exact) mass is 667 g/mol. The fourth-order valence-corrected chi connectivity index (χ4v) is 9.16. The Morgan fingerprint density at radius 1 is 0.870 bits per heavy atom. The molecule has 7 rings (SSSR count). The average molecular weight is 668 g/mol. The topological polar surface area (TPSA) is 88.5 Å². The Labute approximate surface area is 279 Å². The van der Waals surface area contributed by atoms with Crippen LogP contribution in [-0.2, 0) is 26.3 Å². The summed E-state index contributed by atoms with van der Waals surface area (Å²) in [6.45, 7) is 6.17. The van der Waals surface area contributed by atoms with Gasteiger partial charge in [0.15, 0.2) is 0 Å². The van der Waals surface area contributed by atoms with E-state index >= 15 is 0 Å². The second-order valence-corrected chi connectivity index (χ2v) is 15.2. The molecule has 0 spiro atoms. The molecule has 0 aliphatic carbocycles. The second kappa shape index (κ2) is 11.6. The number of nitrogens with one attached hydrogen (secondary N) is 1. The molecule has 1 N–H and O–H groups in total. The van der Waals surface area contributed by atoms with Crippen molar-refractivity contribution in [2.45, 2.75) is 48.9 Å². The van der Waals surface area contributed by atoms with Crippen molar-refractivity contribution in [3.05, 3.63) is 122 Å². The molecule has 232 valence electrons. The van der Waals surface area contributed by atoms with Gasteiger partial charge in [-0.3, -0.25) is 23.7 Å². The Balaban J connectivity index is 1.27. The third-order valence-electron chi connectivity index (χ3n) is 8.60. The predicted molar refractivity (Wildman–Crippen MR) is 185 cm³/mol. The summed E-state index contributed by atoms with van der Waals surface area (Å²) in [6.07, 6.45) is 0. The Kier molecular flexibility index (Phi) is 7.66. The standard InChI is InChI=1S/C36H30ClN3O4S2/c1-36(2,3)23-11-8-21(9-12-23)28-29-30(33(43)40(32(29)42)26-16-13-24(37)14-17-26)45-34-31(28)46-35(44)39(34)19-27(41)38-25-15-10-20-6-4-5-7-22(20)18-25/h4-18,28-30H,19H2,1-3H3,(H,38,41)/t28-,29?,30?/m1/s1. The van der Waals surface area contributed by atoms with Gasteiger partial charge in [-0.05, 0) is 63.7 Å². The third-order valence-corrected chi connectivity index (χ3v) is 11.5. The quantitative estimate of drug-likeness (QED) is 0.197. The molecule has 1 fully saturated rings. The number of hydrogen-bond donors (Lipinski definition) is 1. The number of thioether (sulfide) groups is 1. The third kappa shape index (κ3) is 5.36. The van der Waals surface area contributed by atoms with Gasteiger partial charge < -0.3 is 5.32 Å². The fraction of sp³-hybridized carbons (Fsp3) is 0.222. The van der Waals surface area contributed by atoms with Gasteiger partial charge in [-0.15, -0.1) is 0 Å². The first kappa shape index (κ1) is 30.5. The number of rotatable bonds is 5. The molecule has 5 aromatic rings. The number of carbonyl (C=O) groups is 3. The summed E-state index contributed by atoms with van der Waals surface area (Å²) in [7, 11) is 0. The molecular formula is C36H30ClN3O4S2. The van der Waals surface area contributed by atoms with E-state index in [4.69, 9.17) is 11.6 Å². The Morgan fingerprint density at radius 2 is 1.57 bits per heavy atom. The minimum absolute atomic E-state index is 0.0777. The van der Waals surface area contributed by atoms with Gasteiger partial charge in [0.1, 0.15) is 11.8 Å². The number of hydrogen-bond acceptors (Lipinski definition) is 6. The molecule has 2 aliphatic heterocycles. The van der Waals surface area contributed by atoms with E-state index in [1.54, 1.807) is 24.3 Å². The molecular weight excluding hydrogens is 638 g/mol. The van der Waals surface area contributed by atoms with Gasteiger partial charge in [-0.1, -0.05) is 110 Å². The zero-order valence-corrected chi connectivity index (χ0v) is 27.7. The van der Waals surface area contributed by atoms with Gasteiger partial charge in [0.2, 0.25) is 17.7 Å². The lowest BCUT2D eigenvalue weighted by atomic mass is 9.81. The summed E-state index contributed by atoms with van der Waals surface area (Å²) in [5.41, 5.74) is 2.97. The summed E-state index contributed by atoms with van der Waals surface area (Å²) in [5, 5.41) is 5.24. The second-order valence-electron chi connectivity index (χ2n) is 12.6. The smallest absolute Gasteiger partial charge is 0.308 e. The molecule has 0 saturated carbocycles. The van der Waals surface area contributed by atoms with Crippen molar-refractivity contribution >= 4 is 74.6 Å². The molecule has 0 bridgehead atoms. The van der Waals surface area contributed by atoms with E-state index in [0.717, 1.165) is 33.2 Å². The molecule has 3 atom stereocenters. The molecule has 2 aliphatic rings. The van der Waals surface area contributed by atoms with E-state index in [-0.39, 0.29) is 34.6 Å². The van der Waals surface area contributed by atoms with E-state index in [0.29, 0.717) is 26.3 Å². The van der Waals surface area contributed by atoms with E-state index < -0.39 is 17.1 Å². The van der Waals surface area contributed by atoms with Crippen molar-refractivity contribution in [3.63, 3.8) is 0 Å². The van der Waals surface area contributed by atoms with E-state index in [2.05, 4.69) is 26.1 Å². The molecule has 1 saturated heterocycles. The van der Waals surface area contributed by atoms with Crippen LogP contribution in [0.5, 0.6) is 0 Å². The number of amides is 3. The number of thiazole rings is 1. The van der Waals surface area contributed by atoms with Crippen LogP contribution >= 0.6 is 34.7 Å². The summed E-state index contributed by atoms with van der Waals surface area (Å²) in [6, 6.07) is 28.2. The predicted octanol–water partition coefficient (Wildman–Crippen LogP) is 7.45. The van der Waals surface area contributed by atoms with Crippen LogP contribution in [0.15, 0.2) is 101 Å². The van der Waals surface area contributed by atoms with Crippen molar-refractivity contribution in [2.75, 3.05) is 10.2 Å². The lowest BCUT2D eigenvalue weighted by Gasteiger charge is -2.31. The van der Waals surface area contributed by atoms with Gasteiger partial charge in [-0.2, -0.15) is 0 Å². The number of imide groups is 1. The van der Waals surface area contributed by atoms with Crippen molar-refractivity contribution in [2.24, 2.45) is 5.92 Å². The molecule has 10 heteroatoms. The molecule has 3 amide bonds. The number of nitrogens with zero attached hydrogens (tertiary/aromatic N) is 2. The van der Waals surface area contributed by atoms with Crippen molar-refractivity contribution < 1.29 is 14.4 Å². The first-order valence-electron chi connectivity index (χ1n) is 14.9. The molecule has 1 aromatic heterocycles. The fourth-order valence-electron chi connectivity index (χ4n) is 6.26. The summed E-state index contributed by atoms with van der Waals surface area (Å²) < 4.78 is 1.44. The highest BCUT2D eigenvalue weighted by molar-refractivity contribution is 8.00. The van der Waals surface area contributed by atoms with Crippen LogP contribution in [0.4, 0.5) is 11.4 Å². The number of halogens is 1. The normalized spacial score (nSPS) is 19.3. The molecule has 46 heavy (non-hydrogen) atoms. The van der Waals surface area contributed by atoms with Crippen LogP contribution in [0.25, 0.3) is 10.8 Å². The minimum Gasteiger partial charge on any atom is -0.325 e. The lowest BCUT2D eigenvalue weighted by Crippen LogP contribution is -2.33. The van der Waals surface area contributed by atoms with Crippen LogP contribution < -0.4 is 15.1 Å². The average Bonchev–Trinajstić information content (AvgIpc) is 3.47. The first-order valence-corrected chi connectivity index (χ1v) is 17.0. The maximum absolute atomic E-state index is 14.1. The minimum atomic E-state index is -0.772. The van der Waals surface area contributed by atoms with Crippen molar-refractivity contribution in [1.29, 1.82) is 0 Å². The number of carbonyl (C=O) groups excluding carboxylic acids is 3. The highest BCUT2D eigenvalue weighted by Crippen LogP contribution is 2.54. The zero-order chi connectivity index (χ0) is 32.3. The number of fused-ring (bicyclic) bond motifs is 3. The van der Waals surface area contributed by atoms with Gasteiger partial charge in [-0.25, -0.2) is 4.90 Å². The molecule has 3 heterocycles. The van der Waals surface area contributed by atoms with E-state index in [1.165, 1.54) is 21.2 Å². The van der Waals surface area contributed by atoms with Gasteiger partial charge in [0, 0.05) is 21.5 Å². The van der Waals surface area contributed by atoms with Crippen molar-refractivity contribution in [1.82, 2.24) is 4.57 Å². The van der Waals surface area contributed by atoms with Crippen LogP contribution in [0.2, 0.25) is 5.02 Å². The maximum atomic E-state index is 14.1. The van der Waals surface area contributed by atoms with Gasteiger partial charge >= 0.3 is 4.87 Å². The first-order chi connectivity index (χ1) is 22.0. The van der Waals surface area contributed by atoms with E-state index in [1.807, 2.05) is 66.7 Å². The van der Waals surface area contributed by atoms with Gasteiger partial charge in [0.25, 0.3) is 0 Å². The van der Waals surface area contributed by atoms with Crippen LogP contribution in [0, 0.1) is 5.92 Å². The van der Waals surface area contributed by atoms with Crippen LogP contribution in [-0.4, -0.2) is 27.5 Å².